The van der Waals surface area contributed by atoms with Gasteiger partial charge in [-0.25, -0.2) is 4.39 Å². The Morgan fingerprint density at radius 1 is 1.28 bits per heavy atom. The third-order valence-electron chi connectivity index (χ3n) is 4.85. The number of nitrogens with one attached hydrogen (secondary N) is 1. The second-order valence-corrected chi connectivity index (χ2v) is 7.42. The van der Waals surface area contributed by atoms with Gasteiger partial charge in [0.15, 0.2) is 0 Å². The smallest absolute Gasteiger partial charge is 0.117 e. The predicted octanol–water partition coefficient (Wildman–Crippen LogP) is 3.31. The first-order valence-electron chi connectivity index (χ1n) is 7.25. The van der Waals surface area contributed by atoms with Crippen LogP contribution in [-0.2, 0) is 4.74 Å². The number of ether oxygens (including phenoxy) is 1. The zero-order valence-electron chi connectivity index (χ0n) is 12.5. The number of rotatable bonds is 2. The Morgan fingerprint density at radius 3 is 2.39 bits per heavy atom. The van der Waals surface area contributed by atoms with Gasteiger partial charge < -0.3 is 10.1 Å². The van der Waals surface area contributed by atoms with Gasteiger partial charge in [-0.2, -0.15) is 0 Å². The Kier molecular flexibility index (Phi) is 3.52. The molecule has 2 rings (SSSR count). The molecular formula is C15H28FNO. The third kappa shape index (κ3) is 2.57. The lowest BCUT2D eigenvalue weighted by Crippen LogP contribution is -2.50. The molecule has 3 unspecified atom stereocenters. The third-order valence-corrected chi connectivity index (χ3v) is 4.85. The fraction of sp³-hybridized carbons (Fsp3) is 1.00. The van der Waals surface area contributed by atoms with Crippen LogP contribution in [0.1, 0.15) is 53.9 Å². The Bertz CT molecular complexity index is 306. The summed E-state index contributed by atoms with van der Waals surface area (Å²) in [5.41, 5.74) is -1.72. The maximum atomic E-state index is 15.4. The lowest BCUT2D eigenvalue weighted by Gasteiger charge is -2.42. The minimum Gasteiger partial charge on any atom is -0.369 e. The summed E-state index contributed by atoms with van der Waals surface area (Å²) in [6, 6.07) is 0. The van der Waals surface area contributed by atoms with E-state index in [0.29, 0.717) is 0 Å². The number of piperidine rings is 1. The number of hydrogen-bond acceptors (Lipinski definition) is 2. The van der Waals surface area contributed by atoms with Crippen LogP contribution in [0.15, 0.2) is 0 Å². The fourth-order valence-corrected chi connectivity index (χ4v) is 4.06. The van der Waals surface area contributed by atoms with Crippen molar-refractivity contribution in [3.63, 3.8) is 0 Å². The Labute approximate surface area is 111 Å². The maximum absolute atomic E-state index is 15.4. The molecule has 18 heavy (non-hydrogen) atoms. The van der Waals surface area contributed by atoms with Gasteiger partial charge in [-0.1, -0.05) is 0 Å². The van der Waals surface area contributed by atoms with E-state index in [9.17, 15) is 0 Å². The predicted molar refractivity (Wildman–Crippen MR) is 72.5 cm³/mol. The molecule has 0 aliphatic carbocycles. The van der Waals surface area contributed by atoms with Crippen molar-refractivity contribution < 1.29 is 9.13 Å². The average molecular weight is 257 g/mol. The van der Waals surface area contributed by atoms with Crippen molar-refractivity contribution in [3.05, 3.63) is 0 Å². The van der Waals surface area contributed by atoms with Gasteiger partial charge in [0.05, 0.1) is 11.2 Å². The van der Waals surface area contributed by atoms with E-state index >= 15 is 4.39 Å². The summed E-state index contributed by atoms with van der Waals surface area (Å²) >= 11 is 0. The van der Waals surface area contributed by atoms with Gasteiger partial charge in [-0.15, -0.1) is 0 Å². The van der Waals surface area contributed by atoms with E-state index in [1.54, 1.807) is 6.92 Å². The monoisotopic (exact) mass is 257 g/mol. The molecule has 0 aromatic rings. The lowest BCUT2D eigenvalue weighted by molar-refractivity contribution is -0.102. The number of halogens is 1. The molecule has 1 N–H and O–H groups in total. The largest absolute Gasteiger partial charge is 0.369 e. The van der Waals surface area contributed by atoms with Gasteiger partial charge in [0.1, 0.15) is 5.67 Å². The van der Waals surface area contributed by atoms with Crippen LogP contribution in [0, 0.1) is 11.8 Å². The summed E-state index contributed by atoms with van der Waals surface area (Å²) in [4.78, 5) is 0. The number of alkyl halides is 1. The Balaban J connectivity index is 2.18. The van der Waals surface area contributed by atoms with Gasteiger partial charge >= 0.3 is 0 Å². The zero-order chi connectivity index (χ0) is 13.6. The van der Waals surface area contributed by atoms with Crippen molar-refractivity contribution in [2.45, 2.75) is 70.8 Å². The molecule has 0 spiro atoms. The summed E-state index contributed by atoms with van der Waals surface area (Å²) in [6.07, 6.45) is 2.89. The highest BCUT2D eigenvalue weighted by atomic mass is 19.1. The van der Waals surface area contributed by atoms with Crippen LogP contribution in [0.25, 0.3) is 0 Å². The minimum atomic E-state index is -1.15. The van der Waals surface area contributed by atoms with E-state index < -0.39 is 5.67 Å². The molecule has 2 fully saturated rings. The summed E-state index contributed by atoms with van der Waals surface area (Å²) in [5, 5.41) is 3.33. The first kappa shape index (κ1) is 14.3. The molecule has 3 atom stereocenters. The molecule has 2 nitrogen and oxygen atoms in total. The normalized spacial score (nSPS) is 38.3. The molecule has 0 radical (unpaired) electrons. The average Bonchev–Trinajstić information content (AvgIpc) is 2.48. The molecular weight excluding hydrogens is 229 g/mol. The first-order valence-corrected chi connectivity index (χ1v) is 7.25. The van der Waals surface area contributed by atoms with Crippen LogP contribution in [0.4, 0.5) is 4.39 Å². The van der Waals surface area contributed by atoms with Crippen molar-refractivity contribution in [1.82, 2.24) is 5.32 Å². The van der Waals surface area contributed by atoms with Crippen molar-refractivity contribution >= 4 is 0 Å². The van der Waals surface area contributed by atoms with Crippen LogP contribution >= 0.6 is 0 Å². The fourth-order valence-electron chi connectivity index (χ4n) is 4.06. The molecule has 106 valence electrons. The summed E-state index contributed by atoms with van der Waals surface area (Å²) in [6.45, 7) is 11.9. The van der Waals surface area contributed by atoms with Gasteiger partial charge in [0.2, 0.25) is 0 Å². The van der Waals surface area contributed by atoms with E-state index in [4.69, 9.17) is 4.74 Å². The van der Waals surface area contributed by atoms with Crippen LogP contribution < -0.4 is 5.32 Å². The second kappa shape index (κ2) is 4.45. The van der Waals surface area contributed by atoms with Gasteiger partial charge in [0.25, 0.3) is 0 Å². The molecule has 3 heteroatoms. The summed E-state index contributed by atoms with van der Waals surface area (Å²) < 4.78 is 21.5. The zero-order valence-corrected chi connectivity index (χ0v) is 12.5. The van der Waals surface area contributed by atoms with Crippen LogP contribution in [0.3, 0.4) is 0 Å². The van der Waals surface area contributed by atoms with E-state index in [1.165, 1.54) is 0 Å². The highest BCUT2D eigenvalue weighted by Crippen LogP contribution is 2.51. The summed E-state index contributed by atoms with van der Waals surface area (Å²) in [7, 11) is 0. The van der Waals surface area contributed by atoms with Crippen molar-refractivity contribution in [2.75, 3.05) is 13.1 Å². The lowest BCUT2D eigenvalue weighted by atomic mass is 9.69. The molecule has 0 aromatic heterocycles. The molecule has 2 aliphatic heterocycles. The van der Waals surface area contributed by atoms with E-state index in [2.05, 4.69) is 19.2 Å². The molecule has 0 bridgehead atoms. The topological polar surface area (TPSA) is 21.3 Å². The Morgan fingerprint density at radius 2 is 1.94 bits per heavy atom. The standard InChI is InChI=1S/C15H28FNO/c1-13(2)9-12(14(3,4)18-13)15(5,16)11-7-6-8-17-10-11/h11-12,17H,6-10H2,1-5H3. The number of hydrogen-bond donors (Lipinski definition) is 1. The van der Waals surface area contributed by atoms with Crippen LogP contribution in [0.5, 0.6) is 0 Å². The van der Waals surface area contributed by atoms with E-state index in [0.717, 1.165) is 32.4 Å². The highest BCUT2D eigenvalue weighted by Gasteiger charge is 2.56. The van der Waals surface area contributed by atoms with Gasteiger partial charge in [-0.3, -0.25) is 0 Å². The van der Waals surface area contributed by atoms with Gasteiger partial charge in [0, 0.05) is 18.4 Å². The van der Waals surface area contributed by atoms with Crippen molar-refractivity contribution in [2.24, 2.45) is 11.8 Å². The second-order valence-electron chi connectivity index (χ2n) is 7.42. The minimum absolute atomic E-state index is 0.0232. The molecule has 2 saturated heterocycles. The molecule has 2 aliphatic rings. The van der Waals surface area contributed by atoms with Crippen molar-refractivity contribution in [1.29, 1.82) is 0 Å². The van der Waals surface area contributed by atoms with Gasteiger partial charge in [-0.05, 0) is 60.4 Å². The van der Waals surface area contributed by atoms with Crippen molar-refractivity contribution in [3.8, 4) is 0 Å². The maximum Gasteiger partial charge on any atom is 0.117 e. The van der Waals surface area contributed by atoms with E-state index in [1.807, 2.05) is 13.8 Å². The SMILES string of the molecule is CC1(C)CC(C(C)(F)C2CCCNC2)C(C)(C)O1. The Hall–Kier alpha value is -0.150. The van der Waals surface area contributed by atoms with Crippen LogP contribution in [-0.4, -0.2) is 30.0 Å². The molecule has 0 amide bonds. The molecule has 0 aromatic carbocycles. The van der Waals surface area contributed by atoms with Crippen LogP contribution in [0.2, 0.25) is 0 Å². The molecule has 2 heterocycles. The first-order chi connectivity index (χ1) is 8.15. The highest BCUT2D eigenvalue weighted by molar-refractivity contribution is 5.05. The van der Waals surface area contributed by atoms with E-state index in [-0.39, 0.29) is 23.0 Å². The summed E-state index contributed by atoms with van der Waals surface area (Å²) in [5.74, 6) is 0.0953. The quantitative estimate of drug-likeness (QED) is 0.819. The molecule has 0 saturated carbocycles.